The maximum absolute atomic E-state index is 10.8. The summed E-state index contributed by atoms with van der Waals surface area (Å²) in [5.74, 6) is 0.699. The Kier molecular flexibility index (Phi) is 4.58. The fourth-order valence-electron chi connectivity index (χ4n) is 1.72. The Morgan fingerprint density at radius 1 is 1.42 bits per heavy atom. The molecule has 0 aliphatic carbocycles. The number of hydrogen-bond donors (Lipinski definition) is 0. The number of aromatic nitrogens is 2. The van der Waals surface area contributed by atoms with Crippen molar-refractivity contribution in [2.45, 2.75) is 13.8 Å². The van der Waals surface area contributed by atoms with Crippen LogP contribution < -0.4 is 0 Å². The summed E-state index contributed by atoms with van der Waals surface area (Å²) >= 11 is 1.30. The van der Waals surface area contributed by atoms with Crippen molar-refractivity contribution < 1.29 is 4.79 Å². The molecule has 0 aliphatic heterocycles. The molecule has 0 fully saturated rings. The highest BCUT2D eigenvalue weighted by molar-refractivity contribution is 8.13. The lowest BCUT2D eigenvalue weighted by Crippen LogP contribution is -1.96. The van der Waals surface area contributed by atoms with Gasteiger partial charge in [-0.05, 0) is 18.6 Å². The van der Waals surface area contributed by atoms with Gasteiger partial charge in [-0.2, -0.15) is 5.10 Å². The summed E-state index contributed by atoms with van der Waals surface area (Å²) < 4.78 is 1.87. The van der Waals surface area contributed by atoms with Crippen LogP contribution in [0.3, 0.4) is 0 Å². The number of benzene rings is 1. The first-order valence-corrected chi connectivity index (χ1v) is 7.06. The molecule has 0 atom stereocenters. The van der Waals surface area contributed by atoms with E-state index in [0.29, 0.717) is 5.75 Å². The quantitative estimate of drug-likeness (QED) is 0.854. The van der Waals surface area contributed by atoms with Crippen molar-refractivity contribution >= 4 is 23.0 Å². The maximum atomic E-state index is 10.8. The van der Waals surface area contributed by atoms with Gasteiger partial charge >= 0.3 is 0 Å². The van der Waals surface area contributed by atoms with Gasteiger partial charge in [0.1, 0.15) is 0 Å². The molecule has 0 N–H and O–H groups in total. The van der Waals surface area contributed by atoms with Gasteiger partial charge in [0.15, 0.2) is 5.12 Å². The van der Waals surface area contributed by atoms with Crippen LogP contribution >= 0.6 is 11.8 Å². The molecule has 3 nitrogen and oxygen atoms in total. The molecule has 0 radical (unpaired) electrons. The molecule has 0 saturated heterocycles. The number of thioether (sulfide) groups is 1. The normalized spacial score (nSPS) is 11.1. The van der Waals surface area contributed by atoms with Crippen LogP contribution in [0.25, 0.3) is 11.8 Å². The number of carbonyl (C=O) groups is 1. The average molecular weight is 272 g/mol. The van der Waals surface area contributed by atoms with E-state index >= 15 is 0 Å². The smallest absolute Gasteiger partial charge is 0.186 e. The monoisotopic (exact) mass is 272 g/mol. The molecule has 4 heteroatoms. The van der Waals surface area contributed by atoms with Gasteiger partial charge in [-0.1, -0.05) is 42.1 Å². The molecule has 2 rings (SSSR count). The predicted octanol–water partition coefficient (Wildman–Crippen LogP) is 3.47. The lowest BCUT2D eigenvalue weighted by atomic mass is 10.2. The van der Waals surface area contributed by atoms with Gasteiger partial charge in [0.25, 0.3) is 0 Å². The van der Waals surface area contributed by atoms with Crippen LogP contribution in [0.1, 0.15) is 18.1 Å². The molecule has 1 aromatic heterocycles. The van der Waals surface area contributed by atoms with Gasteiger partial charge in [-0.15, -0.1) is 0 Å². The third-order valence-electron chi connectivity index (χ3n) is 2.66. The first kappa shape index (κ1) is 13.6. The molecule has 1 aromatic carbocycles. The van der Waals surface area contributed by atoms with Crippen molar-refractivity contribution in [3.63, 3.8) is 0 Å². The van der Waals surface area contributed by atoms with E-state index < -0.39 is 0 Å². The van der Waals surface area contributed by atoms with Crippen LogP contribution in [0.15, 0.2) is 42.7 Å². The van der Waals surface area contributed by atoms with E-state index in [9.17, 15) is 4.79 Å². The summed E-state index contributed by atoms with van der Waals surface area (Å²) in [4.78, 5) is 10.8. The standard InChI is InChI=1S/C15H16N2OS/c1-12-6-3-4-8-15(12)17-11-14(10-16-17)7-5-9-19-13(2)18/h3-8,10-11H,9H2,1-2H3. The first-order valence-electron chi connectivity index (χ1n) is 6.07. The molecule has 0 bridgehead atoms. The molecular weight excluding hydrogens is 256 g/mol. The van der Waals surface area contributed by atoms with Gasteiger partial charge in [0.05, 0.1) is 11.9 Å². The Balaban J connectivity index is 2.07. The molecular formula is C15H16N2OS. The zero-order chi connectivity index (χ0) is 13.7. The van der Waals surface area contributed by atoms with Crippen molar-refractivity contribution in [2.75, 3.05) is 5.75 Å². The Hall–Kier alpha value is -1.81. The molecule has 0 unspecified atom stereocenters. The van der Waals surface area contributed by atoms with Crippen LogP contribution in [0.2, 0.25) is 0 Å². The summed E-state index contributed by atoms with van der Waals surface area (Å²) in [6.45, 7) is 3.64. The van der Waals surface area contributed by atoms with Crippen molar-refractivity contribution in [1.82, 2.24) is 9.78 Å². The second-order valence-corrected chi connectivity index (χ2v) is 5.41. The summed E-state index contributed by atoms with van der Waals surface area (Å²) in [6.07, 6.45) is 7.77. The minimum absolute atomic E-state index is 0.139. The number of hydrogen-bond acceptors (Lipinski definition) is 3. The topological polar surface area (TPSA) is 34.9 Å². The highest BCUT2D eigenvalue weighted by Gasteiger charge is 2.01. The van der Waals surface area contributed by atoms with Gasteiger partial charge < -0.3 is 0 Å². The second kappa shape index (κ2) is 6.38. The summed E-state index contributed by atoms with van der Waals surface area (Å²) in [5.41, 5.74) is 3.31. The van der Waals surface area contributed by atoms with E-state index in [1.165, 1.54) is 17.3 Å². The van der Waals surface area contributed by atoms with Crippen LogP contribution in [-0.4, -0.2) is 20.6 Å². The number of para-hydroxylation sites is 1. The molecule has 19 heavy (non-hydrogen) atoms. The van der Waals surface area contributed by atoms with Gasteiger partial charge in [0.2, 0.25) is 0 Å². The zero-order valence-corrected chi connectivity index (χ0v) is 11.9. The minimum Gasteiger partial charge on any atom is -0.288 e. The molecule has 0 aliphatic rings. The summed E-state index contributed by atoms with van der Waals surface area (Å²) in [7, 11) is 0. The molecule has 0 spiro atoms. The number of rotatable bonds is 4. The van der Waals surface area contributed by atoms with Crippen LogP contribution in [0.5, 0.6) is 0 Å². The van der Waals surface area contributed by atoms with Crippen molar-refractivity contribution in [3.05, 3.63) is 53.9 Å². The molecule has 0 saturated carbocycles. The van der Waals surface area contributed by atoms with E-state index in [2.05, 4.69) is 18.1 Å². The van der Waals surface area contributed by atoms with Crippen LogP contribution in [0.4, 0.5) is 0 Å². The van der Waals surface area contributed by atoms with Crippen molar-refractivity contribution in [3.8, 4) is 5.69 Å². The summed E-state index contributed by atoms with van der Waals surface area (Å²) in [5, 5.41) is 4.49. The molecule has 2 aromatic rings. The van der Waals surface area contributed by atoms with Crippen LogP contribution in [0, 0.1) is 6.92 Å². The number of aryl methyl sites for hydroxylation is 1. The lowest BCUT2D eigenvalue weighted by Gasteiger charge is -2.03. The van der Waals surface area contributed by atoms with E-state index in [1.807, 2.05) is 47.4 Å². The van der Waals surface area contributed by atoms with E-state index in [0.717, 1.165) is 11.3 Å². The second-order valence-electron chi connectivity index (χ2n) is 4.21. The Morgan fingerprint density at radius 3 is 2.95 bits per heavy atom. The van der Waals surface area contributed by atoms with Crippen molar-refractivity contribution in [1.29, 1.82) is 0 Å². The third kappa shape index (κ3) is 3.83. The minimum atomic E-state index is 0.139. The predicted molar refractivity (Wildman–Crippen MR) is 80.5 cm³/mol. The molecule has 1 heterocycles. The van der Waals surface area contributed by atoms with Gasteiger partial charge in [-0.3, -0.25) is 4.79 Å². The fraction of sp³-hybridized carbons (Fsp3) is 0.200. The average Bonchev–Trinajstić information content (AvgIpc) is 2.83. The van der Waals surface area contributed by atoms with E-state index in [4.69, 9.17) is 0 Å². The van der Waals surface area contributed by atoms with Crippen LogP contribution in [-0.2, 0) is 4.79 Å². The lowest BCUT2D eigenvalue weighted by molar-refractivity contribution is -0.109. The van der Waals surface area contributed by atoms with E-state index in [-0.39, 0.29) is 5.12 Å². The molecule has 98 valence electrons. The SMILES string of the molecule is CC(=O)SCC=Cc1cnn(-c2ccccc2C)c1. The number of nitrogens with zero attached hydrogens (tertiary/aromatic N) is 2. The summed E-state index contributed by atoms with van der Waals surface area (Å²) in [6, 6.07) is 8.13. The number of carbonyl (C=O) groups excluding carboxylic acids is 1. The Bertz CT molecular complexity index is 602. The zero-order valence-electron chi connectivity index (χ0n) is 11.0. The largest absolute Gasteiger partial charge is 0.288 e. The van der Waals surface area contributed by atoms with E-state index in [1.54, 1.807) is 6.92 Å². The van der Waals surface area contributed by atoms with Gasteiger partial charge in [-0.25, -0.2) is 4.68 Å². The first-order chi connectivity index (χ1) is 9.16. The highest BCUT2D eigenvalue weighted by atomic mass is 32.2. The highest BCUT2D eigenvalue weighted by Crippen LogP contribution is 2.14. The molecule has 0 amide bonds. The Labute approximate surface area is 117 Å². The van der Waals surface area contributed by atoms with Crippen molar-refractivity contribution in [2.24, 2.45) is 0 Å². The fourth-order valence-corrected chi connectivity index (χ4v) is 2.15. The Morgan fingerprint density at radius 2 is 2.21 bits per heavy atom. The third-order valence-corrected chi connectivity index (χ3v) is 3.42. The van der Waals surface area contributed by atoms with Gasteiger partial charge in [0, 0.05) is 24.4 Å². The maximum Gasteiger partial charge on any atom is 0.186 e.